The van der Waals surface area contributed by atoms with Crippen LogP contribution in [0.5, 0.6) is 0 Å². The van der Waals surface area contributed by atoms with Crippen molar-refractivity contribution in [2.24, 2.45) is 0 Å². The van der Waals surface area contributed by atoms with E-state index in [9.17, 15) is 9.59 Å². The quantitative estimate of drug-likeness (QED) is 0.717. The number of benzene rings is 1. The lowest BCUT2D eigenvalue weighted by Gasteiger charge is -2.32. The van der Waals surface area contributed by atoms with E-state index in [4.69, 9.17) is 5.26 Å². The summed E-state index contributed by atoms with van der Waals surface area (Å²) in [6.45, 7) is 5.39. The molecular weight excluding hydrogens is 348 g/mol. The molecular formula is C19H26N4O2S. The summed E-state index contributed by atoms with van der Waals surface area (Å²) in [7, 11) is 0. The molecule has 2 atom stereocenters. The maximum Gasteiger partial charge on any atom is 0.238 e. The number of carbonyl (C=O) groups is 2. The monoisotopic (exact) mass is 374 g/mol. The number of carbonyl (C=O) groups excluding carboxylic acids is 2. The minimum absolute atomic E-state index is 0.0289. The first-order valence-corrected chi connectivity index (χ1v) is 9.78. The van der Waals surface area contributed by atoms with Crippen molar-refractivity contribution in [3.05, 3.63) is 24.3 Å². The fraction of sp³-hybridized carbons (Fsp3) is 0.526. The number of thioether (sulfide) groups is 1. The average Bonchev–Trinajstić information content (AvgIpc) is 2.56. The van der Waals surface area contributed by atoms with E-state index in [1.54, 1.807) is 11.8 Å². The predicted octanol–water partition coefficient (Wildman–Crippen LogP) is 2.62. The molecule has 0 bridgehead atoms. The van der Waals surface area contributed by atoms with Crippen molar-refractivity contribution in [2.75, 3.05) is 25.0 Å². The smallest absolute Gasteiger partial charge is 0.238 e. The number of para-hydroxylation sites is 1. The number of anilines is 1. The minimum Gasteiger partial charge on any atom is -0.352 e. The fourth-order valence-electron chi connectivity index (χ4n) is 3.06. The molecule has 1 aromatic rings. The zero-order valence-electron chi connectivity index (χ0n) is 15.3. The van der Waals surface area contributed by atoms with Gasteiger partial charge in [-0.1, -0.05) is 19.1 Å². The highest BCUT2D eigenvalue weighted by Gasteiger charge is 2.22. The molecule has 2 N–H and O–H groups in total. The topological polar surface area (TPSA) is 85.2 Å². The summed E-state index contributed by atoms with van der Waals surface area (Å²) >= 11 is 1.59. The number of likely N-dealkylation sites (tertiary alicyclic amines) is 1. The molecule has 1 fully saturated rings. The van der Waals surface area contributed by atoms with Gasteiger partial charge in [0.1, 0.15) is 0 Å². The number of nitrogens with zero attached hydrogens (tertiary/aromatic N) is 2. The van der Waals surface area contributed by atoms with Crippen molar-refractivity contribution in [3.63, 3.8) is 0 Å². The molecule has 26 heavy (non-hydrogen) atoms. The van der Waals surface area contributed by atoms with Crippen LogP contribution in [-0.2, 0) is 9.59 Å². The van der Waals surface area contributed by atoms with E-state index in [1.165, 1.54) is 6.92 Å². The van der Waals surface area contributed by atoms with Gasteiger partial charge in [0.25, 0.3) is 0 Å². The van der Waals surface area contributed by atoms with Crippen LogP contribution in [-0.4, -0.2) is 47.6 Å². The number of nitriles is 1. The molecule has 0 radical (unpaired) electrons. The van der Waals surface area contributed by atoms with Crippen LogP contribution in [0.3, 0.4) is 0 Å². The van der Waals surface area contributed by atoms with Crippen LogP contribution in [0.25, 0.3) is 0 Å². The van der Waals surface area contributed by atoms with E-state index < -0.39 is 0 Å². The molecule has 0 unspecified atom stereocenters. The average molecular weight is 375 g/mol. The van der Waals surface area contributed by atoms with E-state index in [2.05, 4.69) is 21.6 Å². The lowest BCUT2D eigenvalue weighted by atomic mass is 10.1. The Kier molecular flexibility index (Phi) is 7.95. The maximum absolute atomic E-state index is 12.5. The zero-order chi connectivity index (χ0) is 18.9. The van der Waals surface area contributed by atoms with Gasteiger partial charge in [-0.25, -0.2) is 0 Å². The van der Waals surface area contributed by atoms with Crippen LogP contribution < -0.4 is 10.6 Å². The van der Waals surface area contributed by atoms with Crippen molar-refractivity contribution >= 4 is 29.3 Å². The molecule has 1 aromatic carbocycles. The third kappa shape index (κ3) is 6.70. The molecule has 1 saturated heterocycles. The van der Waals surface area contributed by atoms with Gasteiger partial charge in [0, 0.05) is 36.1 Å². The summed E-state index contributed by atoms with van der Waals surface area (Å²) in [6, 6.07) is 9.96. The molecule has 0 saturated carbocycles. The van der Waals surface area contributed by atoms with E-state index >= 15 is 0 Å². The lowest BCUT2D eigenvalue weighted by molar-refractivity contribution is -0.120. The van der Waals surface area contributed by atoms with Crippen molar-refractivity contribution in [3.8, 4) is 6.07 Å². The Labute approximate surface area is 159 Å². The number of piperidine rings is 1. The van der Waals surface area contributed by atoms with Gasteiger partial charge in [-0.3, -0.25) is 14.5 Å². The highest BCUT2D eigenvalue weighted by molar-refractivity contribution is 8.00. The SMILES string of the molecule is CC(=O)N[C@@H]1CCCN(CC(=O)Nc2ccccc2S[C@H](C)CC#N)C1. The highest BCUT2D eigenvalue weighted by Crippen LogP contribution is 2.31. The van der Waals surface area contributed by atoms with Crippen LogP contribution in [0.15, 0.2) is 29.2 Å². The fourth-order valence-corrected chi connectivity index (χ4v) is 4.05. The largest absolute Gasteiger partial charge is 0.352 e. The van der Waals surface area contributed by atoms with Crippen LogP contribution in [0, 0.1) is 11.3 Å². The Morgan fingerprint density at radius 2 is 2.19 bits per heavy atom. The van der Waals surface area contributed by atoms with Gasteiger partial charge in [-0.05, 0) is 31.5 Å². The van der Waals surface area contributed by atoms with Gasteiger partial charge < -0.3 is 10.6 Å². The molecule has 0 aromatic heterocycles. The second-order valence-electron chi connectivity index (χ2n) is 6.61. The number of nitrogens with one attached hydrogen (secondary N) is 2. The van der Waals surface area contributed by atoms with Crippen molar-refractivity contribution in [2.45, 2.75) is 49.3 Å². The third-order valence-electron chi connectivity index (χ3n) is 4.15. The van der Waals surface area contributed by atoms with E-state index in [1.807, 2.05) is 31.2 Å². The lowest BCUT2D eigenvalue weighted by Crippen LogP contribution is -2.49. The molecule has 140 valence electrons. The van der Waals surface area contributed by atoms with Crippen LogP contribution >= 0.6 is 11.8 Å². The minimum atomic E-state index is -0.0607. The summed E-state index contributed by atoms with van der Waals surface area (Å²) < 4.78 is 0. The van der Waals surface area contributed by atoms with E-state index in [0.29, 0.717) is 19.5 Å². The van der Waals surface area contributed by atoms with Crippen LogP contribution in [0.4, 0.5) is 5.69 Å². The Morgan fingerprint density at radius 1 is 1.42 bits per heavy atom. The summed E-state index contributed by atoms with van der Waals surface area (Å²) in [4.78, 5) is 26.7. The molecule has 1 aliphatic heterocycles. The number of amides is 2. The Bertz CT molecular complexity index is 674. The molecule has 7 heteroatoms. The third-order valence-corrected chi connectivity index (χ3v) is 5.33. The van der Waals surface area contributed by atoms with Gasteiger partial charge in [0.05, 0.1) is 18.3 Å². The maximum atomic E-state index is 12.5. The van der Waals surface area contributed by atoms with Crippen LogP contribution in [0.2, 0.25) is 0 Å². The van der Waals surface area contributed by atoms with Gasteiger partial charge in [0.2, 0.25) is 11.8 Å². The first-order chi connectivity index (χ1) is 12.5. The van der Waals surface area contributed by atoms with Crippen molar-refractivity contribution in [1.82, 2.24) is 10.2 Å². The van der Waals surface area contributed by atoms with Gasteiger partial charge in [-0.2, -0.15) is 5.26 Å². The van der Waals surface area contributed by atoms with Crippen molar-refractivity contribution < 1.29 is 9.59 Å². The summed E-state index contributed by atoms with van der Waals surface area (Å²) in [5, 5.41) is 14.9. The Balaban J connectivity index is 1.91. The Hall–Kier alpha value is -2.04. The molecule has 2 amide bonds. The normalized spacial score (nSPS) is 18.6. The van der Waals surface area contributed by atoms with E-state index in [0.717, 1.165) is 30.0 Å². The Morgan fingerprint density at radius 3 is 2.92 bits per heavy atom. The molecule has 2 rings (SSSR count). The summed E-state index contributed by atoms with van der Waals surface area (Å²) in [6.07, 6.45) is 2.38. The second-order valence-corrected chi connectivity index (χ2v) is 8.09. The standard InChI is InChI=1S/C19H26N4O2S/c1-14(9-10-20)26-18-8-4-3-7-17(18)22-19(25)13-23-11-5-6-16(12-23)21-15(2)24/h3-4,7-8,14,16H,5-6,9,11-13H2,1-2H3,(H,21,24)(H,22,25)/t14-,16-/m1/s1. The predicted molar refractivity (Wildman–Crippen MR) is 104 cm³/mol. The number of rotatable bonds is 7. The molecule has 0 spiro atoms. The van der Waals surface area contributed by atoms with Gasteiger partial charge in [0.15, 0.2) is 0 Å². The summed E-state index contributed by atoms with van der Waals surface area (Å²) in [5.41, 5.74) is 0.780. The molecule has 0 aliphatic carbocycles. The zero-order valence-corrected chi connectivity index (χ0v) is 16.1. The number of hydrogen-bond donors (Lipinski definition) is 2. The second kappa shape index (κ2) is 10.2. The van der Waals surface area contributed by atoms with Crippen molar-refractivity contribution in [1.29, 1.82) is 5.26 Å². The van der Waals surface area contributed by atoms with Gasteiger partial charge in [-0.15, -0.1) is 11.8 Å². The highest BCUT2D eigenvalue weighted by atomic mass is 32.2. The van der Waals surface area contributed by atoms with Crippen LogP contribution in [0.1, 0.15) is 33.1 Å². The molecule has 6 nitrogen and oxygen atoms in total. The molecule has 1 aliphatic rings. The summed E-state index contributed by atoms with van der Waals surface area (Å²) in [5.74, 6) is -0.0896. The first-order valence-electron chi connectivity index (χ1n) is 8.90. The van der Waals surface area contributed by atoms with E-state index in [-0.39, 0.29) is 23.1 Å². The van der Waals surface area contributed by atoms with Gasteiger partial charge >= 0.3 is 0 Å². The number of hydrogen-bond acceptors (Lipinski definition) is 5. The molecule has 1 heterocycles. The first kappa shape index (κ1) is 20.3.